The molecule has 5 heteroatoms. The lowest BCUT2D eigenvalue weighted by Crippen LogP contribution is -2.30. The highest BCUT2D eigenvalue weighted by Gasteiger charge is 2.13. The zero-order valence-electron chi connectivity index (χ0n) is 11.6. The van der Waals surface area contributed by atoms with Gasteiger partial charge in [-0.05, 0) is 43.2 Å². The van der Waals surface area contributed by atoms with Gasteiger partial charge in [0.05, 0.1) is 0 Å². The molecule has 0 spiro atoms. The third-order valence-corrected chi connectivity index (χ3v) is 3.46. The van der Waals surface area contributed by atoms with Gasteiger partial charge in [0.1, 0.15) is 6.04 Å². The molecule has 2 atom stereocenters. The molecule has 0 heterocycles. The molecule has 0 amide bonds. The lowest BCUT2D eigenvalue weighted by molar-refractivity contribution is -0.138. The number of aliphatic carboxylic acids is 1. The Bertz CT molecular complexity index is 451. The Kier molecular flexibility index (Phi) is 6.58. The molecule has 112 valence electrons. The molecule has 1 aromatic rings. The molecule has 0 saturated carbocycles. The third-order valence-electron chi connectivity index (χ3n) is 3.46. The van der Waals surface area contributed by atoms with Crippen molar-refractivity contribution < 1.29 is 18.7 Å². The minimum atomic E-state index is -0.987. The van der Waals surface area contributed by atoms with E-state index in [1.54, 1.807) is 6.07 Å². The summed E-state index contributed by atoms with van der Waals surface area (Å²) in [6, 6.07) is 3.37. The van der Waals surface area contributed by atoms with Crippen LogP contribution >= 0.6 is 0 Å². The smallest absolute Gasteiger partial charge is 0.320 e. The van der Waals surface area contributed by atoms with E-state index in [1.165, 1.54) is 6.07 Å². The van der Waals surface area contributed by atoms with Crippen molar-refractivity contribution >= 4 is 5.97 Å². The standard InChI is InChI=1S/C15H21F2NO2/c1-10(8-9-13(18)15(19)20)4-2-5-11-6-3-7-12(16)14(11)17/h3,6-7,10,13H,2,4-5,8-9,18H2,1H3,(H,19,20). The number of aryl methyl sites for hydroxylation is 1. The van der Waals surface area contributed by atoms with Crippen LogP contribution in [0.5, 0.6) is 0 Å². The van der Waals surface area contributed by atoms with Gasteiger partial charge >= 0.3 is 5.97 Å². The van der Waals surface area contributed by atoms with E-state index in [4.69, 9.17) is 10.8 Å². The Morgan fingerprint density at radius 2 is 2.00 bits per heavy atom. The molecule has 3 N–H and O–H groups in total. The normalized spacial score (nSPS) is 14.0. The van der Waals surface area contributed by atoms with Gasteiger partial charge in [0.2, 0.25) is 0 Å². The molecule has 0 radical (unpaired) electrons. The largest absolute Gasteiger partial charge is 0.480 e. The molecule has 0 aliphatic carbocycles. The van der Waals surface area contributed by atoms with Crippen LogP contribution in [-0.2, 0) is 11.2 Å². The van der Waals surface area contributed by atoms with Crippen LogP contribution in [0.1, 0.15) is 38.2 Å². The number of benzene rings is 1. The average molecular weight is 285 g/mol. The van der Waals surface area contributed by atoms with Crippen LogP contribution in [0.2, 0.25) is 0 Å². The summed E-state index contributed by atoms with van der Waals surface area (Å²) in [5.41, 5.74) is 5.82. The maximum absolute atomic E-state index is 13.4. The zero-order valence-corrected chi connectivity index (χ0v) is 11.6. The maximum Gasteiger partial charge on any atom is 0.320 e. The fourth-order valence-corrected chi connectivity index (χ4v) is 2.11. The van der Waals surface area contributed by atoms with Crippen molar-refractivity contribution in [2.24, 2.45) is 11.7 Å². The zero-order chi connectivity index (χ0) is 15.1. The summed E-state index contributed by atoms with van der Waals surface area (Å²) >= 11 is 0. The van der Waals surface area contributed by atoms with Crippen LogP contribution in [0, 0.1) is 17.6 Å². The van der Waals surface area contributed by atoms with E-state index in [-0.39, 0.29) is 0 Å². The van der Waals surface area contributed by atoms with E-state index >= 15 is 0 Å². The van der Waals surface area contributed by atoms with Gasteiger partial charge in [-0.25, -0.2) is 8.78 Å². The Labute approximate surface area is 117 Å². The van der Waals surface area contributed by atoms with Gasteiger partial charge in [-0.2, -0.15) is 0 Å². The second-order valence-corrected chi connectivity index (χ2v) is 5.23. The lowest BCUT2D eigenvalue weighted by Gasteiger charge is -2.13. The number of carbonyl (C=O) groups is 1. The van der Waals surface area contributed by atoms with Gasteiger partial charge < -0.3 is 10.8 Å². The minimum Gasteiger partial charge on any atom is -0.480 e. The number of halogens is 2. The Balaban J connectivity index is 2.30. The van der Waals surface area contributed by atoms with E-state index in [9.17, 15) is 13.6 Å². The molecule has 20 heavy (non-hydrogen) atoms. The number of carboxylic acid groups (broad SMARTS) is 1. The number of carboxylic acids is 1. The summed E-state index contributed by atoms with van der Waals surface area (Å²) in [7, 11) is 0. The van der Waals surface area contributed by atoms with Crippen molar-refractivity contribution in [2.45, 2.75) is 45.1 Å². The van der Waals surface area contributed by atoms with Gasteiger partial charge in [0.25, 0.3) is 0 Å². The van der Waals surface area contributed by atoms with E-state index in [1.807, 2.05) is 6.92 Å². The van der Waals surface area contributed by atoms with Crippen molar-refractivity contribution in [3.8, 4) is 0 Å². The summed E-state index contributed by atoms with van der Waals surface area (Å²) < 4.78 is 26.4. The molecule has 3 nitrogen and oxygen atoms in total. The number of hydrogen-bond acceptors (Lipinski definition) is 2. The molecule has 2 unspecified atom stereocenters. The lowest BCUT2D eigenvalue weighted by atomic mass is 9.95. The second-order valence-electron chi connectivity index (χ2n) is 5.23. The molecule has 0 aliphatic heterocycles. The molecule has 0 saturated heterocycles. The van der Waals surface area contributed by atoms with Gasteiger partial charge in [0, 0.05) is 0 Å². The molecule has 1 aromatic carbocycles. The van der Waals surface area contributed by atoms with Gasteiger partial charge in [-0.1, -0.05) is 25.5 Å². The summed E-state index contributed by atoms with van der Waals surface area (Å²) in [5, 5.41) is 8.67. The summed E-state index contributed by atoms with van der Waals surface area (Å²) in [6.45, 7) is 2.01. The fourth-order valence-electron chi connectivity index (χ4n) is 2.11. The highest BCUT2D eigenvalue weighted by Crippen LogP contribution is 2.18. The molecular formula is C15H21F2NO2. The molecule has 0 bridgehead atoms. The van der Waals surface area contributed by atoms with Crippen molar-refractivity contribution in [1.29, 1.82) is 0 Å². The predicted octanol–water partition coefficient (Wildman–Crippen LogP) is 3.12. The SMILES string of the molecule is CC(CCCc1cccc(F)c1F)CCC(N)C(=O)O. The van der Waals surface area contributed by atoms with E-state index < -0.39 is 23.6 Å². The van der Waals surface area contributed by atoms with E-state index in [0.29, 0.717) is 24.3 Å². The van der Waals surface area contributed by atoms with Crippen molar-refractivity contribution in [3.63, 3.8) is 0 Å². The second kappa shape index (κ2) is 7.94. The van der Waals surface area contributed by atoms with Crippen LogP contribution in [0.15, 0.2) is 18.2 Å². The van der Waals surface area contributed by atoms with Gasteiger partial charge in [-0.3, -0.25) is 4.79 Å². The Hall–Kier alpha value is -1.49. The quantitative estimate of drug-likeness (QED) is 0.771. The topological polar surface area (TPSA) is 63.3 Å². The van der Waals surface area contributed by atoms with Gasteiger partial charge in [-0.15, -0.1) is 0 Å². The summed E-state index contributed by atoms with van der Waals surface area (Å²) in [4.78, 5) is 10.6. The third kappa shape index (κ3) is 5.25. The highest BCUT2D eigenvalue weighted by atomic mass is 19.2. The van der Waals surface area contributed by atoms with Crippen LogP contribution in [0.3, 0.4) is 0 Å². The predicted molar refractivity (Wildman–Crippen MR) is 73.3 cm³/mol. The van der Waals surface area contributed by atoms with Crippen molar-refractivity contribution in [2.75, 3.05) is 0 Å². The fraction of sp³-hybridized carbons (Fsp3) is 0.533. The first-order chi connectivity index (χ1) is 9.41. The minimum absolute atomic E-state index is 0.317. The van der Waals surface area contributed by atoms with Crippen LogP contribution < -0.4 is 5.73 Å². The number of nitrogens with two attached hydrogens (primary N) is 1. The van der Waals surface area contributed by atoms with Gasteiger partial charge in [0.15, 0.2) is 11.6 Å². The first kappa shape index (κ1) is 16.6. The average Bonchev–Trinajstić information content (AvgIpc) is 2.40. The van der Waals surface area contributed by atoms with Crippen LogP contribution in [-0.4, -0.2) is 17.1 Å². The summed E-state index contributed by atoms with van der Waals surface area (Å²) in [5.74, 6) is -2.26. The number of hydrogen-bond donors (Lipinski definition) is 2. The first-order valence-corrected chi connectivity index (χ1v) is 6.83. The van der Waals surface area contributed by atoms with E-state index in [2.05, 4.69) is 0 Å². The first-order valence-electron chi connectivity index (χ1n) is 6.83. The van der Waals surface area contributed by atoms with Crippen LogP contribution in [0.25, 0.3) is 0 Å². The van der Waals surface area contributed by atoms with Crippen LogP contribution in [0.4, 0.5) is 8.78 Å². The number of rotatable bonds is 8. The van der Waals surface area contributed by atoms with E-state index in [0.717, 1.165) is 25.3 Å². The molecular weight excluding hydrogens is 264 g/mol. The maximum atomic E-state index is 13.4. The molecule has 1 rings (SSSR count). The molecule has 0 aliphatic rings. The molecule has 0 aromatic heterocycles. The Morgan fingerprint density at radius 1 is 1.30 bits per heavy atom. The summed E-state index contributed by atoms with van der Waals surface area (Å²) in [6.07, 6.45) is 3.22. The van der Waals surface area contributed by atoms with Crippen molar-refractivity contribution in [3.05, 3.63) is 35.4 Å². The monoisotopic (exact) mass is 285 g/mol. The molecule has 0 fully saturated rings. The Morgan fingerprint density at radius 3 is 2.65 bits per heavy atom. The highest BCUT2D eigenvalue weighted by molar-refractivity contribution is 5.72. The van der Waals surface area contributed by atoms with Crippen molar-refractivity contribution in [1.82, 2.24) is 0 Å².